The average molecular weight is 277 g/mol. The second-order valence-electron chi connectivity index (χ2n) is 4.34. The van der Waals surface area contributed by atoms with Crippen LogP contribution in [-0.2, 0) is 0 Å². The van der Waals surface area contributed by atoms with Crippen molar-refractivity contribution in [2.45, 2.75) is 12.8 Å². The van der Waals surface area contributed by atoms with E-state index in [-0.39, 0.29) is 6.67 Å². The van der Waals surface area contributed by atoms with Gasteiger partial charge in [-0.05, 0) is 6.42 Å². The predicted molar refractivity (Wildman–Crippen MR) is 57.0 cm³/mol. The van der Waals surface area contributed by atoms with Crippen molar-refractivity contribution in [3.8, 4) is 0 Å². The Balaban J connectivity index is 2.09. The lowest BCUT2D eigenvalue weighted by Crippen LogP contribution is -2.28. The molecule has 0 saturated carbocycles. The number of halogens is 5. The minimum Gasteiger partial charge on any atom is -0.339 e. The molecule has 2 heterocycles. The van der Waals surface area contributed by atoms with Crippen LogP contribution >= 0.6 is 0 Å². The fraction of sp³-hybridized carbons (Fsp3) is 0.364. The molecule has 1 aromatic rings. The molecular formula is C11H8F5N3. The highest BCUT2D eigenvalue weighted by Gasteiger charge is 2.34. The van der Waals surface area contributed by atoms with Crippen LogP contribution in [0, 0.1) is 29.1 Å². The Kier molecular flexibility index (Phi) is 2.61. The van der Waals surface area contributed by atoms with Crippen LogP contribution in [0.2, 0.25) is 0 Å². The maximum Gasteiger partial charge on any atom is 0.200 e. The van der Waals surface area contributed by atoms with E-state index in [2.05, 4.69) is 5.10 Å². The zero-order valence-corrected chi connectivity index (χ0v) is 9.56. The molecule has 0 atom stereocenters. The van der Waals surface area contributed by atoms with E-state index in [9.17, 15) is 22.0 Å². The van der Waals surface area contributed by atoms with E-state index in [0.717, 1.165) is 11.4 Å². The third kappa shape index (κ3) is 1.66. The summed E-state index contributed by atoms with van der Waals surface area (Å²) in [7, 11) is 0. The zero-order valence-electron chi connectivity index (χ0n) is 9.56. The summed E-state index contributed by atoms with van der Waals surface area (Å²) in [6.07, 6.45) is 1.50. The van der Waals surface area contributed by atoms with Gasteiger partial charge in [-0.3, -0.25) is 0 Å². The number of benzene rings is 1. The smallest absolute Gasteiger partial charge is 0.200 e. The summed E-state index contributed by atoms with van der Waals surface area (Å²) >= 11 is 0. The number of fused-ring (bicyclic) bond motifs is 1. The SMILES string of the molecule is Fc1c(F)c(F)c(N2CN3CCCC3=N2)c(F)c1F. The minimum absolute atomic E-state index is 0.00626. The van der Waals surface area contributed by atoms with Crippen LogP contribution in [0.25, 0.3) is 0 Å². The van der Waals surface area contributed by atoms with E-state index >= 15 is 0 Å². The number of anilines is 1. The highest BCUT2D eigenvalue weighted by molar-refractivity contribution is 5.87. The van der Waals surface area contributed by atoms with E-state index in [1.807, 2.05) is 0 Å². The number of hydrogen-bond donors (Lipinski definition) is 0. The maximum absolute atomic E-state index is 13.6. The standard InChI is InChI=1S/C11H8F5N3/c12-6-7(13)9(15)11(10(16)8(6)14)19-4-18-3-1-2-5(18)17-19/h1-4H2. The van der Waals surface area contributed by atoms with Crippen LogP contribution in [0.4, 0.5) is 27.6 Å². The molecule has 8 heteroatoms. The molecule has 19 heavy (non-hydrogen) atoms. The Morgan fingerprint density at radius 1 is 0.842 bits per heavy atom. The minimum atomic E-state index is -2.16. The topological polar surface area (TPSA) is 18.8 Å². The van der Waals surface area contributed by atoms with Gasteiger partial charge in [0.25, 0.3) is 0 Å². The Morgan fingerprint density at radius 3 is 2.00 bits per heavy atom. The lowest BCUT2D eigenvalue weighted by Gasteiger charge is -2.19. The summed E-state index contributed by atoms with van der Waals surface area (Å²) in [4.78, 5) is 1.73. The van der Waals surface area contributed by atoms with Crippen molar-refractivity contribution in [1.82, 2.24) is 4.90 Å². The van der Waals surface area contributed by atoms with Crippen molar-refractivity contribution in [2.24, 2.45) is 5.10 Å². The third-order valence-electron chi connectivity index (χ3n) is 3.18. The first-order chi connectivity index (χ1) is 9.00. The molecule has 2 aliphatic rings. The van der Waals surface area contributed by atoms with Gasteiger partial charge in [0.2, 0.25) is 5.82 Å². The molecule has 3 nitrogen and oxygen atoms in total. The van der Waals surface area contributed by atoms with Crippen molar-refractivity contribution in [3.05, 3.63) is 29.1 Å². The van der Waals surface area contributed by atoms with Gasteiger partial charge in [0, 0.05) is 13.0 Å². The molecule has 0 radical (unpaired) electrons. The van der Waals surface area contributed by atoms with E-state index in [4.69, 9.17) is 0 Å². The Bertz CT molecular complexity index is 557. The molecule has 2 aliphatic heterocycles. The number of hydrogen-bond acceptors (Lipinski definition) is 3. The summed E-state index contributed by atoms with van der Waals surface area (Å²) in [6.45, 7) is 0.651. The molecule has 0 spiro atoms. The van der Waals surface area contributed by atoms with Crippen LogP contribution in [0.3, 0.4) is 0 Å². The number of rotatable bonds is 1. The molecule has 0 N–H and O–H groups in total. The van der Waals surface area contributed by atoms with Gasteiger partial charge in [-0.25, -0.2) is 27.0 Å². The monoisotopic (exact) mass is 277 g/mol. The molecule has 0 aromatic heterocycles. The maximum atomic E-state index is 13.6. The normalized spacial score (nSPS) is 18.1. The van der Waals surface area contributed by atoms with Crippen LogP contribution in [0.1, 0.15) is 12.8 Å². The second kappa shape index (κ2) is 4.07. The quantitative estimate of drug-likeness (QED) is 0.446. The van der Waals surface area contributed by atoms with E-state index in [1.54, 1.807) is 4.90 Å². The van der Waals surface area contributed by atoms with Gasteiger partial charge in [-0.15, -0.1) is 0 Å². The van der Waals surface area contributed by atoms with Crippen molar-refractivity contribution in [2.75, 3.05) is 18.2 Å². The first kappa shape index (κ1) is 12.2. The fourth-order valence-corrected chi connectivity index (χ4v) is 2.25. The van der Waals surface area contributed by atoms with E-state index in [0.29, 0.717) is 18.8 Å². The van der Waals surface area contributed by atoms with Gasteiger partial charge in [0.1, 0.15) is 18.2 Å². The fourth-order valence-electron chi connectivity index (χ4n) is 2.25. The molecule has 102 valence electrons. The Hall–Kier alpha value is -1.86. The average Bonchev–Trinajstić information content (AvgIpc) is 2.95. The van der Waals surface area contributed by atoms with Gasteiger partial charge in [-0.1, -0.05) is 0 Å². The van der Waals surface area contributed by atoms with Crippen molar-refractivity contribution < 1.29 is 22.0 Å². The number of hydrazone groups is 1. The summed E-state index contributed by atoms with van der Waals surface area (Å²) in [6, 6.07) is 0. The van der Waals surface area contributed by atoms with Gasteiger partial charge in [-0.2, -0.15) is 5.10 Å². The molecule has 0 bridgehead atoms. The van der Waals surface area contributed by atoms with Crippen molar-refractivity contribution in [3.63, 3.8) is 0 Å². The summed E-state index contributed by atoms with van der Waals surface area (Å²) in [5.74, 6) is -9.19. The number of nitrogens with zero attached hydrogens (tertiary/aromatic N) is 3. The second-order valence-corrected chi connectivity index (χ2v) is 4.34. The highest BCUT2D eigenvalue weighted by Crippen LogP contribution is 2.33. The van der Waals surface area contributed by atoms with Crippen molar-refractivity contribution >= 4 is 11.5 Å². The molecule has 0 amide bonds. The Labute approximate surface area is 104 Å². The van der Waals surface area contributed by atoms with Crippen LogP contribution in [0.5, 0.6) is 0 Å². The molecule has 1 aromatic carbocycles. The predicted octanol–water partition coefficient (Wildman–Crippen LogP) is 2.57. The van der Waals surface area contributed by atoms with Gasteiger partial charge >= 0.3 is 0 Å². The summed E-state index contributed by atoms with van der Waals surface area (Å²) in [5, 5.41) is 4.70. The van der Waals surface area contributed by atoms with Crippen molar-refractivity contribution in [1.29, 1.82) is 0 Å². The molecule has 0 unspecified atom stereocenters. The van der Waals surface area contributed by atoms with E-state index in [1.165, 1.54) is 0 Å². The molecule has 3 rings (SSSR count). The highest BCUT2D eigenvalue weighted by atomic mass is 19.2. The van der Waals surface area contributed by atoms with E-state index < -0.39 is 34.8 Å². The first-order valence-electron chi connectivity index (χ1n) is 5.62. The lowest BCUT2D eigenvalue weighted by molar-refractivity contribution is 0.375. The van der Waals surface area contributed by atoms with Gasteiger partial charge in [0.05, 0.1) is 0 Å². The zero-order chi connectivity index (χ0) is 13.7. The van der Waals surface area contributed by atoms with Crippen LogP contribution in [0.15, 0.2) is 5.10 Å². The van der Waals surface area contributed by atoms with Crippen LogP contribution < -0.4 is 5.01 Å². The summed E-state index contributed by atoms with van der Waals surface area (Å²) in [5.41, 5.74) is -1.00. The molecular weight excluding hydrogens is 269 g/mol. The van der Waals surface area contributed by atoms with Crippen LogP contribution in [-0.4, -0.2) is 23.9 Å². The molecule has 0 aliphatic carbocycles. The third-order valence-corrected chi connectivity index (χ3v) is 3.18. The Morgan fingerprint density at radius 2 is 1.42 bits per heavy atom. The summed E-state index contributed by atoms with van der Waals surface area (Å²) < 4.78 is 66.3. The largest absolute Gasteiger partial charge is 0.339 e. The molecule has 1 fully saturated rings. The van der Waals surface area contributed by atoms with Gasteiger partial charge < -0.3 is 4.90 Å². The lowest BCUT2D eigenvalue weighted by atomic mass is 10.2. The first-order valence-corrected chi connectivity index (χ1v) is 5.62. The van der Waals surface area contributed by atoms with Gasteiger partial charge in [0.15, 0.2) is 23.3 Å². The number of amidine groups is 1. The molecule has 1 saturated heterocycles.